The summed E-state index contributed by atoms with van der Waals surface area (Å²) in [4.78, 5) is 11.9. The highest BCUT2D eigenvalue weighted by Crippen LogP contribution is 2.30. The molecule has 3 N–H and O–H groups in total. The summed E-state index contributed by atoms with van der Waals surface area (Å²) in [5.41, 5.74) is 2.93. The maximum absolute atomic E-state index is 13.5. The van der Waals surface area contributed by atoms with Crippen LogP contribution in [0.1, 0.15) is 36.2 Å². The van der Waals surface area contributed by atoms with E-state index in [1.54, 1.807) is 13.8 Å². The van der Waals surface area contributed by atoms with Gasteiger partial charge in [-0.15, -0.1) is 0 Å². The van der Waals surface area contributed by atoms with Crippen LogP contribution in [0.4, 0.5) is 17.6 Å². The second-order valence-corrected chi connectivity index (χ2v) is 5.07. The summed E-state index contributed by atoms with van der Waals surface area (Å²) in [6, 6.07) is 1.73. The van der Waals surface area contributed by atoms with Gasteiger partial charge >= 0.3 is 6.18 Å². The molecule has 7 heteroatoms. The summed E-state index contributed by atoms with van der Waals surface area (Å²) in [6.07, 6.45) is -4.21. The summed E-state index contributed by atoms with van der Waals surface area (Å²) >= 11 is 0. The topological polar surface area (TPSA) is 55.1 Å². The summed E-state index contributed by atoms with van der Waals surface area (Å²) in [7, 11) is 0. The standard InChI is InChI=1S/C13H16F4N2O/c1-12(2,5-6-18)19-11(20)9-7-8(13(15,16)17)3-4-10(9)14/h3-4,7H,5-6,18H2,1-2H3,(H,19,20). The highest BCUT2D eigenvalue weighted by molar-refractivity contribution is 5.95. The highest BCUT2D eigenvalue weighted by Gasteiger charge is 2.32. The smallest absolute Gasteiger partial charge is 0.347 e. The van der Waals surface area contributed by atoms with E-state index in [1.165, 1.54) is 0 Å². The minimum absolute atomic E-state index is 0.290. The first-order valence-corrected chi connectivity index (χ1v) is 5.96. The minimum atomic E-state index is -4.63. The van der Waals surface area contributed by atoms with Crippen molar-refractivity contribution in [3.8, 4) is 0 Å². The van der Waals surface area contributed by atoms with E-state index in [4.69, 9.17) is 5.73 Å². The van der Waals surface area contributed by atoms with Gasteiger partial charge in [0.2, 0.25) is 0 Å². The Kier molecular flexibility index (Phi) is 4.75. The fraction of sp³-hybridized carbons (Fsp3) is 0.462. The Morgan fingerprint density at radius 3 is 2.40 bits per heavy atom. The molecule has 0 aliphatic rings. The zero-order valence-electron chi connectivity index (χ0n) is 11.1. The van der Waals surface area contributed by atoms with Crippen LogP contribution in [0.3, 0.4) is 0 Å². The highest BCUT2D eigenvalue weighted by atomic mass is 19.4. The third-order valence-electron chi connectivity index (χ3n) is 2.76. The van der Waals surface area contributed by atoms with Crippen LogP contribution in [0.2, 0.25) is 0 Å². The molecular weight excluding hydrogens is 276 g/mol. The van der Waals surface area contributed by atoms with Crippen molar-refractivity contribution in [2.24, 2.45) is 5.73 Å². The van der Waals surface area contributed by atoms with Crippen LogP contribution in [0.5, 0.6) is 0 Å². The molecule has 1 aromatic carbocycles. The van der Waals surface area contributed by atoms with E-state index in [0.29, 0.717) is 31.2 Å². The number of hydrogen-bond acceptors (Lipinski definition) is 2. The molecule has 0 saturated carbocycles. The Morgan fingerprint density at radius 2 is 1.90 bits per heavy atom. The molecule has 0 spiro atoms. The van der Waals surface area contributed by atoms with Crippen LogP contribution in [0.25, 0.3) is 0 Å². The SMILES string of the molecule is CC(C)(CCN)NC(=O)c1cc(C(F)(F)F)ccc1F. The molecule has 1 amide bonds. The maximum atomic E-state index is 13.5. The first-order valence-electron chi connectivity index (χ1n) is 5.96. The lowest BCUT2D eigenvalue weighted by atomic mass is 9.99. The monoisotopic (exact) mass is 292 g/mol. The van der Waals surface area contributed by atoms with Crippen LogP contribution >= 0.6 is 0 Å². The number of alkyl halides is 3. The average molecular weight is 292 g/mol. The van der Waals surface area contributed by atoms with Gasteiger partial charge in [-0.2, -0.15) is 13.2 Å². The first-order chi connectivity index (χ1) is 9.07. The second-order valence-electron chi connectivity index (χ2n) is 5.07. The van der Waals surface area contributed by atoms with E-state index >= 15 is 0 Å². The van der Waals surface area contributed by atoms with Gasteiger partial charge in [0, 0.05) is 5.54 Å². The molecule has 0 radical (unpaired) electrons. The molecular formula is C13H16F4N2O. The molecule has 1 aromatic rings. The lowest BCUT2D eigenvalue weighted by Crippen LogP contribution is -2.45. The van der Waals surface area contributed by atoms with E-state index in [2.05, 4.69) is 5.32 Å². The summed E-state index contributed by atoms with van der Waals surface area (Å²) in [5, 5.41) is 2.47. The van der Waals surface area contributed by atoms with Gasteiger partial charge in [0.15, 0.2) is 0 Å². The zero-order chi connectivity index (χ0) is 15.6. The van der Waals surface area contributed by atoms with Crippen LogP contribution in [0.15, 0.2) is 18.2 Å². The van der Waals surface area contributed by atoms with E-state index in [0.717, 1.165) is 0 Å². The van der Waals surface area contributed by atoms with Gasteiger partial charge in [-0.3, -0.25) is 4.79 Å². The van der Waals surface area contributed by atoms with Crippen LogP contribution < -0.4 is 11.1 Å². The number of rotatable bonds is 4. The molecule has 20 heavy (non-hydrogen) atoms. The van der Waals surface area contributed by atoms with Crippen LogP contribution in [-0.4, -0.2) is 18.0 Å². The van der Waals surface area contributed by atoms with Gasteiger partial charge in [0.25, 0.3) is 5.91 Å². The number of hydrogen-bond donors (Lipinski definition) is 2. The summed E-state index contributed by atoms with van der Waals surface area (Å²) in [6.45, 7) is 3.60. The number of nitrogens with two attached hydrogens (primary N) is 1. The van der Waals surface area contributed by atoms with Gasteiger partial charge < -0.3 is 11.1 Å². The maximum Gasteiger partial charge on any atom is 0.416 e. The third kappa shape index (κ3) is 4.19. The minimum Gasteiger partial charge on any atom is -0.347 e. The van der Waals surface area contributed by atoms with E-state index in [1.807, 2.05) is 0 Å². The zero-order valence-corrected chi connectivity index (χ0v) is 11.1. The summed E-state index contributed by atoms with van der Waals surface area (Å²) in [5.74, 6) is -1.90. The van der Waals surface area contributed by atoms with Gasteiger partial charge in [-0.25, -0.2) is 4.39 Å². The first kappa shape index (κ1) is 16.4. The Labute approximate surface area is 114 Å². The molecule has 0 bridgehead atoms. The fourth-order valence-corrected chi connectivity index (χ4v) is 1.67. The van der Waals surface area contributed by atoms with Crippen molar-refractivity contribution >= 4 is 5.91 Å². The van der Waals surface area contributed by atoms with Crippen molar-refractivity contribution < 1.29 is 22.4 Å². The van der Waals surface area contributed by atoms with E-state index < -0.39 is 34.6 Å². The van der Waals surface area contributed by atoms with Crippen molar-refractivity contribution in [1.29, 1.82) is 0 Å². The Balaban J connectivity index is 3.04. The number of carbonyl (C=O) groups excluding carboxylic acids is 1. The number of carbonyl (C=O) groups is 1. The largest absolute Gasteiger partial charge is 0.416 e. The number of nitrogens with one attached hydrogen (secondary N) is 1. The summed E-state index contributed by atoms with van der Waals surface area (Å²) < 4.78 is 51.2. The third-order valence-corrected chi connectivity index (χ3v) is 2.76. The molecule has 0 heterocycles. The van der Waals surface area contributed by atoms with Crippen molar-refractivity contribution in [3.05, 3.63) is 35.1 Å². The molecule has 0 unspecified atom stereocenters. The molecule has 112 valence electrons. The number of halogens is 4. The van der Waals surface area contributed by atoms with E-state index in [-0.39, 0.29) is 0 Å². The van der Waals surface area contributed by atoms with Crippen LogP contribution in [0, 0.1) is 5.82 Å². The van der Waals surface area contributed by atoms with Crippen LogP contribution in [-0.2, 0) is 6.18 Å². The van der Waals surface area contributed by atoms with Crippen molar-refractivity contribution in [2.45, 2.75) is 32.0 Å². The molecule has 0 aliphatic carbocycles. The van der Waals surface area contributed by atoms with Crippen molar-refractivity contribution in [1.82, 2.24) is 5.32 Å². The normalized spacial score (nSPS) is 12.3. The Hall–Kier alpha value is -1.63. The predicted octanol–water partition coefficient (Wildman–Crippen LogP) is 2.70. The molecule has 0 aliphatic heterocycles. The van der Waals surface area contributed by atoms with Gasteiger partial charge in [-0.1, -0.05) is 0 Å². The molecule has 0 fully saturated rings. The fourth-order valence-electron chi connectivity index (χ4n) is 1.67. The van der Waals surface area contributed by atoms with Crippen molar-refractivity contribution in [3.63, 3.8) is 0 Å². The molecule has 1 rings (SSSR count). The lowest BCUT2D eigenvalue weighted by molar-refractivity contribution is -0.137. The van der Waals surface area contributed by atoms with Crippen molar-refractivity contribution in [2.75, 3.05) is 6.54 Å². The Morgan fingerprint density at radius 1 is 1.30 bits per heavy atom. The number of amides is 1. The van der Waals surface area contributed by atoms with Gasteiger partial charge in [0.05, 0.1) is 11.1 Å². The second kappa shape index (κ2) is 5.78. The number of benzene rings is 1. The predicted molar refractivity (Wildman–Crippen MR) is 66.6 cm³/mol. The molecule has 0 atom stereocenters. The lowest BCUT2D eigenvalue weighted by Gasteiger charge is -2.25. The Bertz CT molecular complexity index is 498. The van der Waals surface area contributed by atoms with Gasteiger partial charge in [-0.05, 0) is 45.0 Å². The molecule has 0 saturated heterocycles. The quantitative estimate of drug-likeness (QED) is 0.838. The van der Waals surface area contributed by atoms with E-state index in [9.17, 15) is 22.4 Å². The average Bonchev–Trinajstić information content (AvgIpc) is 2.26. The molecule has 3 nitrogen and oxygen atoms in total. The molecule has 0 aromatic heterocycles. The van der Waals surface area contributed by atoms with Gasteiger partial charge in [0.1, 0.15) is 5.82 Å².